The number of unbranched alkanes of at least 4 members (excludes halogenated alkanes) is 6. The first-order valence-electron chi connectivity index (χ1n) is 9.50. The van der Waals surface area contributed by atoms with E-state index in [9.17, 15) is 14.9 Å². The van der Waals surface area contributed by atoms with Crippen LogP contribution in [0.1, 0.15) is 71.1 Å². The second-order valence-corrected chi connectivity index (χ2v) is 6.13. The molecule has 0 rings (SSSR count). The van der Waals surface area contributed by atoms with Crippen LogP contribution in [0.4, 0.5) is 0 Å². The molecule has 6 heteroatoms. The lowest BCUT2D eigenvalue weighted by molar-refractivity contribution is -0.427. The molecular weight excluding hydrogens is 334 g/mol. The molecule has 0 aliphatic heterocycles. The number of allylic oxidation sites excluding steroid dienone is 5. The molecule has 1 N–H and O–H groups in total. The van der Waals surface area contributed by atoms with Crippen LogP contribution in [-0.2, 0) is 9.53 Å². The number of hydrogen-bond donors (Lipinski definition) is 1. The summed E-state index contributed by atoms with van der Waals surface area (Å²) in [5.74, 6) is -0.949. The number of aliphatic carboxylic acids is 1. The molecule has 0 bridgehead atoms. The lowest BCUT2D eigenvalue weighted by Gasteiger charge is -2.00. The van der Waals surface area contributed by atoms with Gasteiger partial charge in [0, 0.05) is 6.61 Å². The van der Waals surface area contributed by atoms with E-state index in [0.29, 0.717) is 19.4 Å². The molecule has 0 atom stereocenters. The average molecular weight is 367 g/mol. The molecule has 0 spiro atoms. The van der Waals surface area contributed by atoms with E-state index in [4.69, 9.17) is 9.84 Å². The number of carbonyl (C=O) groups is 1. The Bertz CT molecular complexity index is 469. The van der Waals surface area contributed by atoms with Crippen molar-refractivity contribution in [1.82, 2.24) is 0 Å². The quantitative estimate of drug-likeness (QED) is 0.163. The molecule has 148 valence electrons. The zero-order valence-electron chi connectivity index (χ0n) is 15.9. The van der Waals surface area contributed by atoms with E-state index in [0.717, 1.165) is 32.1 Å². The first-order chi connectivity index (χ1) is 12.6. The number of carboxylic acid groups (broad SMARTS) is 1. The van der Waals surface area contributed by atoms with Crippen molar-refractivity contribution < 1.29 is 19.6 Å². The molecule has 0 aliphatic rings. The van der Waals surface area contributed by atoms with E-state index in [1.165, 1.54) is 19.3 Å². The number of hydrogen-bond acceptors (Lipinski definition) is 4. The summed E-state index contributed by atoms with van der Waals surface area (Å²) in [4.78, 5) is 21.0. The molecule has 0 aliphatic carbocycles. The van der Waals surface area contributed by atoms with Crippen LogP contribution in [0.5, 0.6) is 0 Å². The Morgan fingerprint density at radius 1 is 1.04 bits per heavy atom. The predicted molar refractivity (Wildman–Crippen MR) is 104 cm³/mol. The van der Waals surface area contributed by atoms with Crippen LogP contribution < -0.4 is 0 Å². The van der Waals surface area contributed by atoms with Gasteiger partial charge >= 0.3 is 5.97 Å². The normalized spacial score (nSPS) is 12.3. The minimum atomic E-state index is -0.949. The maximum absolute atomic E-state index is 11.0. The Hall–Kier alpha value is -1.95. The van der Waals surface area contributed by atoms with Gasteiger partial charge in [0.15, 0.2) is 0 Å². The van der Waals surface area contributed by atoms with Crippen LogP contribution in [-0.4, -0.2) is 29.2 Å². The van der Waals surface area contributed by atoms with Crippen molar-refractivity contribution in [2.24, 2.45) is 0 Å². The first-order valence-corrected chi connectivity index (χ1v) is 9.50. The zero-order chi connectivity index (χ0) is 19.5. The van der Waals surface area contributed by atoms with Crippen LogP contribution in [0.2, 0.25) is 0 Å². The molecule has 0 heterocycles. The molecule has 0 aromatic carbocycles. The summed E-state index contributed by atoms with van der Waals surface area (Å²) < 4.78 is 4.95. The fourth-order valence-electron chi connectivity index (χ4n) is 2.29. The SMILES string of the molecule is CCCCC/C=C/C/C=C(\C/C=C/CCCCCOCC(=O)O)[N+](=O)[O-]. The third-order valence-electron chi connectivity index (χ3n) is 3.74. The Kier molecular flexibility index (Phi) is 16.5. The lowest BCUT2D eigenvalue weighted by atomic mass is 10.1. The van der Waals surface area contributed by atoms with Gasteiger partial charge in [-0.15, -0.1) is 0 Å². The molecular formula is C20H33NO5. The van der Waals surface area contributed by atoms with Gasteiger partial charge in [0.1, 0.15) is 6.61 Å². The predicted octanol–water partition coefficient (Wildman–Crippen LogP) is 5.28. The maximum Gasteiger partial charge on any atom is 0.329 e. The van der Waals surface area contributed by atoms with Crippen molar-refractivity contribution >= 4 is 5.97 Å². The smallest absolute Gasteiger partial charge is 0.329 e. The van der Waals surface area contributed by atoms with Crippen molar-refractivity contribution in [2.75, 3.05) is 13.2 Å². The summed E-state index contributed by atoms with van der Waals surface area (Å²) in [6, 6.07) is 0. The standard InChI is InChI=1S/C20H33NO5/c1-2-3-4-5-6-9-12-15-19(21(24)25)16-13-10-7-8-11-14-17-26-18-20(22)23/h6,9-10,13,15H,2-5,7-8,11-12,14,16-18H2,1H3,(H,22,23)/b9-6+,13-10+,19-15+. The Morgan fingerprint density at radius 3 is 2.38 bits per heavy atom. The monoisotopic (exact) mass is 367 g/mol. The van der Waals surface area contributed by atoms with Gasteiger partial charge < -0.3 is 9.84 Å². The Labute approximate surface area is 156 Å². The third-order valence-corrected chi connectivity index (χ3v) is 3.74. The van der Waals surface area contributed by atoms with E-state index in [1.54, 1.807) is 6.08 Å². The van der Waals surface area contributed by atoms with Gasteiger partial charge in [-0.25, -0.2) is 4.79 Å². The summed E-state index contributed by atoms with van der Waals surface area (Å²) >= 11 is 0. The number of carboxylic acids is 1. The van der Waals surface area contributed by atoms with Crippen LogP contribution in [0.15, 0.2) is 36.1 Å². The highest BCUT2D eigenvalue weighted by molar-refractivity contribution is 5.67. The van der Waals surface area contributed by atoms with Gasteiger partial charge in [-0.1, -0.05) is 50.5 Å². The number of rotatable bonds is 17. The number of ether oxygens (including phenoxy) is 1. The summed E-state index contributed by atoms with van der Waals surface area (Å²) in [6.45, 7) is 2.38. The van der Waals surface area contributed by atoms with E-state index in [-0.39, 0.29) is 17.2 Å². The first kappa shape index (κ1) is 24.1. The van der Waals surface area contributed by atoms with Crippen molar-refractivity contribution in [3.8, 4) is 0 Å². The fraction of sp³-hybridized carbons (Fsp3) is 0.650. The molecule has 0 unspecified atom stereocenters. The summed E-state index contributed by atoms with van der Waals surface area (Å²) in [6.07, 6.45) is 18.8. The van der Waals surface area contributed by atoms with Crippen molar-refractivity contribution in [3.63, 3.8) is 0 Å². The van der Waals surface area contributed by atoms with Gasteiger partial charge in [-0.05, 0) is 44.6 Å². The van der Waals surface area contributed by atoms with Crippen LogP contribution in [0, 0.1) is 10.1 Å². The Balaban J connectivity index is 3.84. The second kappa shape index (κ2) is 17.9. The lowest BCUT2D eigenvalue weighted by Crippen LogP contribution is -2.07. The Morgan fingerprint density at radius 2 is 1.73 bits per heavy atom. The highest BCUT2D eigenvalue weighted by Gasteiger charge is 2.06. The van der Waals surface area contributed by atoms with Gasteiger partial charge in [0.2, 0.25) is 5.70 Å². The van der Waals surface area contributed by atoms with Gasteiger partial charge in [-0.2, -0.15) is 0 Å². The van der Waals surface area contributed by atoms with Crippen molar-refractivity contribution in [2.45, 2.75) is 71.1 Å². The largest absolute Gasteiger partial charge is 0.480 e. The highest BCUT2D eigenvalue weighted by Crippen LogP contribution is 2.08. The third kappa shape index (κ3) is 16.9. The van der Waals surface area contributed by atoms with E-state index < -0.39 is 5.97 Å². The molecule has 0 radical (unpaired) electrons. The second-order valence-electron chi connectivity index (χ2n) is 6.13. The highest BCUT2D eigenvalue weighted by atomic mass is 16.6. The average Bonchev–Trinajstić information content (AvgIpc) is 2.60. The zero-order valence-corrected chi connectivity index (χ0v) is 15.9. The molecule has 0 saturated heterocycles. The summed E-state index contributed by atoms with van der Waals surface area (Å²) in [5.41, 5.74) is 0.238. The molecule has 26 heavy (non-hydrogen) atoms. The topological polar surface area (TPSA) is 89.7 Å². The van der Waals surface area contributed by atoms with E-state index in [1.807, 2.05) is 18.2 Å². The molecule has 0 saturated carbocycles. The maximum atomic E-state index is 11.0. The molecule has 0 aromatic rings. The number of nitrogens with zero attached hydrogens (tertiary/aromatic N) is 1. The molecule has 0 amide bonds. The molecule has 0 aromatic heterocycles. The van der Waals surface area contributed by atoms with Crippen LogP contribution in [0.3, 0.4) is 0 Å². The van der Waals surface area contributed by atoms with Gasteiger partial charge in [0.25, 0.3) is 0 Å². The van der Waals surface area contributed by atoms with Crippen LogP contribution in [0.25, 0.3) is 0 Å². The number of nitro groups is 1. The molecule has 6 nitrogen and oxygen atoms in total. The minimum Gasteiger partial charge on any atom is -0.480 e. The minimum absolute atomic E-state index is 0.238. The van der Waals surface area contributed by atoms with Crippen molar-refractivity contribution in [3.05, 3.63) is 46.2 Å². The van der Waals surface area contributed by atoms with Crippen LogP contribution >= 0.6 is 0 Å². The fourth-order valence-corrected chi connectivity index (χ4v) is 2.29. The summed E-state index contributed by atoms with van der Waals surface area (Å²) in [5, 5.41) is 19.5. The van der Waals surface area contributed by atoms with Crippen molar-refractivity contribution in [1.29, 1.82) is 0 Å². The summed E-state index contributed by atoms with van der Waals surface area (Å²) in [7, 11) is 0. The van der Waals surface area contributed by atoms with Gasteiger partial charge in [-0.3, -0.25) is 10.1 Å². The van der Waals surface area contributed by atoms with E-state index >= 15 is 0 Å². The van der Waals surface area contributed by atoms with E-state index in [2.05, 4.69) is 13.0 Å². The molecule has 0 fully saturated rings. The van der Waals surface area contributed by atoms with Gasteiger partial charge in [0.05, 0.1) is 11.3 Å².